The molecule has 0 bridgehead atoms. The van der Waals surface area contributed by atoms with Crippen LogP contribution in [0.3, 0.4) is 0 Å². The molecule has 0 radical (unpaired) electrons. The second-order valence-corrected chi connectivity index (χ2v) is 4.41. The van der Waals surface area contributed by atoms with Crippen LogP contribution in [-0.2, 0) is 11.2 Å². The Labute approximate surface area is 116 Å². The Balaban J connectivity index is 2.30. The molecule has 0 unspecified atom stereocenters. The number of hydrogen-bond acceptors (Lipinski definition) is 2. The van der Waals surface area contributed by atoms with Gasteiger partial charge in [-0.2, -0.15) is 0 Å². The number of nitrogens with one attached hydrogen (secondary N) is 1. The molecular formula is C15H25N3O. The van der Waals surface area contributed by atoms with Crippen molar-refractivity contribution < 1.29 is 4.74 Å². The Morgan fingerprint density at radius 3 is 2.89 bits per heavy atom. The summed E-state index contributed by atoms with van der Waals surface area (Å²) in [4.78, 5) is 4.23. The molecule has 0 spiro atoms. The molecule has 106 valence electrons. The van der Waals surface area contributed by atoms with Gasteiger partial charge in [-0.15, -0.1) is 0 Å². The van der Waals surface area contributed by atoms with Gasteiger partial charge in [-0.3, -0.25) is 4.99 Å². The number of anilines is 1. The van der Waals surface area contributed by atoms with Gasteiger partial charge >= 0.3 is 0 Å². The maximum absolute atomic E-state index is 5.82. The van der Waals surface area contributed by atoms with Crippen LogP contribution in [0.15, 0.2) is 29.3 Å². The van der Waals surface area contributed by atoms with Crippen molar-refractivity contribution in [2.24, 2.45) is 10.7 Å². The van der Waals surface area contributed by atoms with Crippen LogP contribution < -0.4 is 11.1 Å². The van der Waals surface area contributed by atoms with Crippen molar-refractivity contribution in [3.8, 4) is 0 Å². The minimum absolute atomic E-state index is 0.437. The summed E-state index contributed by atoms with van der Waals surface area (Å²) >= 11 is 0. The van der Waals surface area contributed by atoms with Crippen molar-refractivity contribution in [3.63, 3.8) is 0 Å². The maximum atomic E-state index is 5.82. The number of nitrogens with zero attached hydrogens (tertiary/aromatic N) is 1. The third-order valence-corrected chi connectivity index (χ3v) is 2.77. The highest BCUT2D eigenvalue weighted by Gasteiger charge is 1.96. The van der Waals surface area contributed by atoms with Crippen molar-refractivity contribution in [1.82, 2.24) is 0 Å². The van der Waals surface area contributed by atoms with Gasteiger partial charge in [0, 0.05) is 12.3 Å². The molecule has 3 N–H and O–H groups in total. The number of rotatable bonds is 8. The molecule has 0 aliphatic rings. The number of aliphatic imine (C=N–C) groups is 1. The number of benzene rings is 1. The van der Waals surface area contributed by atoms with Crippen molar-refractivity contribution in [3.05, 3.63) is 29.8 Å². The SMILES string of the molecule is CCCCOCCN=C(N)Nc1cccc(CC)c1. The van der Waals surface area contributed by atoms with Gasteiger partial charge in [0.15, 0.2) is 5.96 Å². The van der Waals surface area contributed by atoms with E-state index in [-0.39, 0.29) is 0 Å². The van der Waals surface area contributed by atoms with E-state index >= 15 is 0 Å². The summed E-state index contributed by atoms with van der Waals surface area (Å²) in [6.07, 6.45) is 3.26. The van der Waals surface area contributed by atoms with Crippen LogP contribution in [0, 0.1) is 0 Å². The molecule has 1 aromatic carbocycles. The molecule has 1 aromatic rings. The van der Waals surface area contributed by atoms with E-state index in [0.29, 0.717) is 19.1 Å². The van der Waals surface area contributed by atoms with E-state index in [2.05, 4.69) is 36.3 Å². The largest absolute Gasteiger partial charge is 0.380 e. The molecule has 4 heteroatoms. The Hall–Kier alpha value is -1.55. The van der Waals surface area contributed by atoms with Crippen LogP contribution in [0.2, 0.25) is 0 Å². The fourth-order valence-electron chi connectivity index (χ4n) is 1.64. The number of nitrogens with two attached hydrogens (primary N) is 1. The van der Waals surface area contributed by atoms with E-state index < -0.39 is 0 Å². The van der Waals surface area contributed by atoms with Gasteiger partial charge in [0.2, 0.25) is 0 Å². The average Bonchev–Trinajstić information content (AvgIpc) is 2.43. The minimum Gasteiger partial charge on any atom is -0.380 e. The van der Waals surface area contributed by atoms with Crippen LogP contribution in [0.25, 0.3) is 0 Å². The summed E-state index contributed by atoms with van der Waals surface area (Å²) in [7, 11) is 0. The minimum atomic E-state index is 0.437. The Kier molecular flexibility index (Phi) is 7.66. The molecular weight excluding hydrogens is 238 g/mol. The van der Waals surface area contributed by atoms with Gasteiger partial charge in [0.05, 0.1) is 13.2 Å². The predicted octanol–water partition coefficient (Wildman–Crippen LogP) is 2.79. The van der Waals surface area contributed by atoms with E-state index in [4.69, 9.17) is 10.5 Å². The molecule has 0 atom stereocenters. The summed E-state index contributed by atoms with van der Waals surface area (Å²) in [5.74, 6) is 0.437. The van der Waals surface area contributed by atoms with Gasteiger partial charge in [-0.05, 0) is 30.5 Å². The second-order valence-electron chi connectivity index (χ2n) is 4.41. The zero-order valence-corrected chi connectivity index (χ0v) is 12.0. The first kappa shape index (κ1) is 15.5. The zero-order valence-electron chi connectivity index (χ0n) is 12.0. The molecule has 0 fully saturated rings. The Morgan fingerprint density at radius 2 is 2.16 bits per heavy atom. The molecule has 0 saturated carbocycles. The second kappa shape index (κ2) is 9.39. The van der Waals surface area contributed by atoms with Crippen molar-refractivity contribution in [2.45, 2.75) is 33.1 Å². The van der Waals surface area contributed by atoms with Gasteiger partial charge in [-0.25, -0.2) is 0 Å². The van der Waals surface area contributed by atoms with Crippen LogP contribution in [-0.4, -0.2) is 25.7 Å². The zero-order chi connectivity index (χ0) is 13.9. The van der Waals surface area contributed by atoms with Crippen LogP contribution >= 0.6 is 0 Å². The first-order valence-corrected chi connectivity index (χ1v) is 6.99. The lowest BCUT2D eigenvalue weighted by atomic mass is 10.1. The number of ether oxygens (including phenoxy) is 1. The summed E-state index contributed by atoms with van der Waals surface area (Å²) in [5.41, 5.74) is 8.08. The van der Waals surface area contributed by atoms with Crippen LogP contribution in [0.1, 0.15) is 32.3 Å². The fraction of sp³-hybridized carbons (Fsp3) is 0.533. The highest BCUT2D eigenvalue weighted by atomic mass is 16.5. The monoisotopic (exact) mass is 263 g/mol. The van der Waals surface area contributed by atoms with E-state index in [9.17, 15) is 0 Å². The van der Waals surface area contributed by atoms with Gasteiger partial charge in [0.1, 0.15) is 0 Å². The van der Waals surface area contributed by atoms with Crippen molar-refractivity contribution >= 4 is 11.6 Å². The van der Waals surface area contributed by atoms with Crippen LogP contribution in [0.5, 0.6) is 0 Å². The third-order valence-electron chi connectivity index (χ3n) is 2.77. The van der Waals surface area contributed by atoms with Crippen molar-refractivity contribution in [1.29, 1.82) is 0 Å². The van der Waals surface area contributed by atoms with Gasteiger partial charge in [0.25, 0.3) is 0 Å². The molecule has 0 saturated heterocycles. The molecule has 0 aliphatic heterocycles. The van der Waals surface area contributed by atoms with E-state index in [1.807, 2.05) is 12.1 Å². The Bertz CT molecular complexity index is 391. The highest BCUT2D eigenvalue weighted by Crippen LogP contribution is 2.10. The molecule has 1 rings (SSSR count). The quantitative estimate of drug-likeness (QED) is 0.431. The lowest BCUT2D eigenvalue weighted by Gasteiger charge is -2.07. The topological polar surface area (TPSA) is 59.6 Å². The molecule has 0 heterocycles. The number of aryl methyl sites for hydroxylation is 1. The van der Waals surface area contributed by atoms with Crippen LogP contribution in [0.4, 0.5) is 5.69 Å². The molecule has 0 aliphatic carbocycles. The predicted molar refractivity (Wildman–Crippen MR) is 81.7 cm³/mol. The van der Waals surface area contributed by atoms with Crippen molar-refractivity contribution in [2.75, 3.05) is 25.1 Å². The van der Waals surface area contributed by atoms with E-state index in [0.717, 1.165) is 31.6 Å². The summed E-state index contributed by atoms with van der Waals surface area (Å²) in [6.45, 7) is 6.29. The number of hydrogen-bond donors (Lipinski definition) is 2. The maximum Gasteiger partial charge on any atom is 0.193 e. The first-order chi connectivity index (χ1) is 9.26. The van der Waals surface area contributed by atoms with E-state index in [1.165, 1.54) is 5.56 Å². The molecule has 0 amide bonds. The fourth-order valence-corrected chi connectivity index (χ4v) is 1.64. The number of unbranched alkanes of at least 4 members (excludes halogenated alkanes) is 1. The van der Waals surface area contributed by atoms with Gasteiger partial charge < -0.3 is 15.8 Å². The standard InChI is InChI=1S/C15H25N3O/c1-3-5-10-19-11-9-17-15(16)18-14-8-6-7-13(4-2)12-14/h6-8,12H,3-5,9-11H2,1-2H3,(H3,16,17,18). The summed E-state index contributed by atoms with van der Waals surface area (Å²) < 4.78 is 5.42. The first-order valence-electron chi connectivity index (χ1n) is 6.99. The lowest BCUT2D eigenvalue weighted by molar-refractivity contribution is 0.139. The van der Waals surface area contributed by atoms with Gasteiger partial charge in [-0.1, -0.05) is 32.4 Å². The third kappa shape index (κ3) is 6.82. The highest BCUT2D eigenvalue weighted by molar-refractivity contribution is 5.92. The summed E-state index contributed by atoms with van der Waals surface area (Å²) in [6, 6.07) is 8.18. The molecule has 0 aromatic heterocycles. The Morgan fingerprint density at radius 1 is 1.32 bits per heavy atom. The lowest BCUT2D eigenvalue weighted by Crippen LogP contribution is -2.23. The summed E-state index contributed by atoms with van der Waals surface area (Å²) in [5, 5.41) is 3.09. The average molecular weight is 263 g/mol. The smallest absolute Gasteiger partial charge is 0.193 e. The van der Waals surface area contributed by atoms with E-state index in [1.54, 1.807) is 0 Å². The molecule has 19 heavy (non-hydrogen) atoms. The number of guanidine groups is 1. The molecule has 4 nitrogen and oxygen atoms in total. The normalized spacial score (nSPS) is 11.6.